The SMILES string of the molecule is CCC(C)C(NC(=O)OC(C)(C)C)C(=O)N(C1CCC1)C(C(=O)Nc1ccccc1C)c1ccccc1O. The highest BCUT2D eigenvalue weighted by molar-refractivity contribution is 6.00. The molecule has 0 spiro atoms. The van der Waals surface area contributed by atoms with Crippen LogP contribution in [0.15, 0.2) is 48.5 Å². The quantitative estimate of drug-likeness (QED) is 0.391. The van der Waals surface area contributed by atoms with Crippen LogP contribution in [-0.2, 0) is 14.3 Å². The number of hydrogen-bond acceptors (Lipinski definition) is 5. The Morgan fingerprint density at radius 3 is 2.26 bits per heavy atom. The number of benzene rings is 2. The van der Waals surface area contributed by atoms with Gasteiger partial charge >= 0.3 is 6.09 Å². The third kappa shape index (κ3) is 7.05. The highest BCUT2D eigenvalue weighted by Gasteiger charge is 2.44. The predicted molar refractivity (Wildman–Crippen MR) is 148 cm³/mol. The van der Waals surface area contributed by atoms with E-state index in [1.165, 1.54) is 6.07 Å². The number of phenolic OH excluding ortho intramolecular Hbond substituents is 1. The molecule has 3 unspecified atom stereocenters. The van der Waals surface area contributed by atoms with Crippen molar-refractivity contribution in [3.8, 4) is 5.75 Å². The van der Waals surface area contributed by atoms with Crippen LogP contribution in [0.5, 0.6) is 5.75 Å². The minimum absolute atomic E-state index is 0.0743. The zero-order valence-corrected chi connectivity index (χ0v) is 23.3. The van der Waals surface area contributed by atoms with E-state index in [0.29, 0.717) is 17.7 Å². The number of anilines is 1. The molecule has 1 saturated carbocycles. The summed E-state index contributed by atoms with van der Waals surface area (Å²) >= 11 is 0. The average molecular weight is 524 g/mol. The lowest BCUT2D eigenvalue weighted by atomic mass is 9.86. The van der Waals surface area contributed by atoms with Crippen molar-refractivity contribution in [1.82, 2.24) is 10.2 Å². The van der Waals surface area contributed by atoms with Crippen molar-refractivity contribution < 1.29 is 24.2 Å². The number of rotatable bonds is 9. The van der Waals surface area contributed by atoms with Crippen LogP contribution in [-0.4, -0.2) is 45.6 Å². The number of nitrogens with one attached hydrogen (secondary N) is 2. The summed E-state index contributed by atoms with van der Waals surface area (Å²) in [5.41, 5.74) is 1.11. The standard InChI is InChI=1S/C30H41N3O5/c1-7-19(2)25(32-29(37)38-30(4,5)6)28(36)33(21-14-12-15-21)26(22-16-9-11-18-24(22)34)27(35)31-23-17-10-8-13-20(23)3/h8-11,13,16-19,21,25-26,34H,7,12,14-15H2,1-6H3,(H,31,35)(H,32,37). The lowest BCUT2D eigenvalue weighted by Crippen LogP contribution is -2.58. The number of carbonyl (C=O) groups excluding carboxylic acids is 3. The molecule has 206 valence electrons. The molecule has 0 bridgehead atoms. The minimum Gasteiger partial charge on any atom is -0.508 e. The number of amides is 3. The first-order valence-electron chi connectivity index (χ1n) is 13.4. The molecule has 3 rings (SSSR count). The summed E-state index contributed by atoms with van der Waals surface area (Å²) in [4.78, 5) is 42.6. The van der Waals surface area contributed by atoms with Crippen molar-refractivity contribution in [2.45, 2.75) is 91.0 Å². The number of hydrogen-bond donors (Lipinski definition) is 3. The highest BCUT2D eigenvalue weighted by Crippen LogP contribution is 2.38. The Labute approximate surface area is 225 Å². The van der Waals surface area contributed by atoms with Gasteiger partial charge in [0.25, 0.3) is 5.91 Å². The summed E-state index contributed by atoms with van der Waals surface area (Å²) in [6.45, 7) is 11.0. The van der Waals surface area contributed by atoms with Crippen LogP contribution in [0, 0.1) is 12.8 Å². The number of alkyl carbamates (subject to hydrolysis) is 1. The average Bonchev–Trinajstić information content (AvgIpc) is 2.81. The molecule has 3 atom stereocenters. The van der Waals surface area contributed by atoms with Crippen molar-refractivity contribution in [2.24, 2.45) is 5.92 Å². The molecule has 38 heavy (non-hydrogen) atoms. The van der Waals surface area contributed by atoms with E-state index in [4.69, 9.17) is 4.74 Å². The number of carbonyl (C=O) groups is 3. The molecule has 3 amide bonds. The Kier molecular flexibility index (Phi) is 9.41. The Bertz CT molecular complexity index is 1140. The monoisotopic (exact) mass is 523 g/mol. The van der Waals surface area contributed by atoms with Gasteiger partial charge in [-0.1, -0.05) is 56.7 Å². The highest BCUT2D eigenvalue weighted by atomic mass is 16.6. The van der Waals surface area contributed by atoms with E-state index in [-0.39, 0.29) is 23.6 Å². The molecule has 0 saturated heterocycles. The Hall–Kier alpha value is -3.55. The van der Waals surface area contributed by atoms with Gasteiger partial charge in [-0.25, -0.2) is 4.79 Å². The fourth-order valence-electron chi connectivity index (χ4n) is 4.51. The van der Waals surface area contributed by atoms with Gasteiger partial charge in [0, 0.05) is 17.3 Å². The molecule has 0 aromatic heterocycles. The first-order valence-corrected chi connectivity index (χ1v) is 13.4. The van der Waals surface area contributed by atoms with Crippen LogP contribution in [0.25, 0.3) is 0 Å². The van der Waals surface area contributed by atoms with Gasteiger partial charge in [-0.2, -0.15) is 0 Å². The molecule has 3 N–H and O–H groups in total. The molecule has 2 aromatic rings. The number of aromatic hydroxyl groups is 1. The molecule has 1 aliphatic carbocycles. The third-order valence-electron chi connectivity index (χ3n) is 7.03. The second-order valence-corrected chi connectivity index (χ2v) is 11.1. The minimum atomic E-state index is -1.10. The Morgan fingerprint density at radius 1 is 1.08 bits per heavy atom. The van der Waals surface area contributed by atoms with Crippen LogP contribution in [0.1, 0.15) is 77.5 Å². The Balaban J connectivity index is 2.05. The van der Waals surface area contributed by atoms with Gasteiger partial charge in [-0.15, -0.1) is 0 Å². The van der Waals surface area contributed by atoms with E-state index in [1.807, 2.05) is 39.0 Å². The van der Waals surface area contributed by atoms with Gasteiger partial charge in [0.1, 0.15) is 23.4 Å². The van der Waals surface area contributed by atoms with Crippen LogP contribution < -0.4 is 10.6 Å². The maximum atomic E-state index is 14.3. The van der Waals surface area contributed by atoms with E-state index in [2.05, 4.69) is 10.6 Å². The van der Waals surface area contributed by atoms with Crippen LogP contribution in [0.3, 0.4) is 0 Å². The number of phenols is 1. The van der Waals surface area contributed by atoms with E-state index in [9.17, 15) is 19.5 Å². The summed E-state index contributed by atoms with van der Waals surface area (Å²) in [6.07, 6.45) is 2.32. The van der Waals surface area contributed by atoms with Crippen molar-refractivity contribution in [1.29, 1.82) is 0 Å². The predicted octanol–water partition coefficient (Wildman–Crippen LogP) is 5.70. The summed E-state index contributed by atoms with van der Waals surface area (Å²) in [7, 11) is 0. The summed E-state index contributed by atoms with van der Waals surface area (Å²) in [6, 6.07) is 11.8. The van der Waals surface area contributed by atoms with E-state index < -0.39 is 29.7 Å². The second kappa shape index (κ2) is 12.3. The first-order chi connectivity index (χ1) is 17.9. The lowest BCUT2D eigenvalue weighted by molar-refractivity contribution is -0.147. The number of para-hydroxylation sites is 2. The number of nitrogens with zero attached hydrogens (tertiary/aromatic N) is 1. The Morgan fingerprint density at radius 2 is 1.71 bits per heavy atom. The molecule has 1 aliphatic rings. The van der Waals surface area contributed by atoms with Crippen molar-refractivity contribution >= 4 is 23.6 Å². The number of ether oxygens (including phenoxy) is 1. The summed E-state index contributed by atoms with van der Waals surface area (Å²) in [5.74, 6) is -1.10. The molecule has 2 aromatic carbocycles. The molecule has 8 heteroatoms. The maximum absolute atomic E-state index is 14.3. The maximum Gasteiger partial charge on any atom is 0.408 e. The normalized spacial score (nSPS) is 15.9. The van der Waals surface area contributed by atoms with Crippen molar-refractivity contribution in [3.63, 3.8) is 0 Å². The molecule has 1 fully saturated rings. The molecule has 0 radical (unpaired) electrons. The zero-order valence-electron chi connectivity index (χ0n) is 23.3. The first kappa shape index (κ1) is 29.0. The van der Waals surface area contributed by atoms with Gasteiger partial charge in [0.05, 0.1) is 0 Å². The fraction of sp³-hybridized carbons (Fsp3) is 0.500. The molecule has 0 aliphatic heterocycles. The van der Waals surface area contributed by atoms with Crippen LogP contribution in [0.4, 0.5) is 10.5 Å². The largest absolute Gasteiger partial charge is 0.508 e. The van der Waals surface area contributed by atoms with Crippen LogP contribution in [0.2, 0.25) is 0 Å². The molecule has 8 nitrogen and oxygen atoms in total. The smallest absolute Gasteiger partial charge is 0.408 e. The summed E-state index contributed by atoms with van der Waals surface area (Å²) in [5, 5.41) is 16.6. The van der Waals surface area contributed by atoms with Gasteiger partial charge in [0.2, 0.25) is 5.91 Å². The zero-order chi connectivity index (χ0) is 28.0. The van der Waals surface area contributed by atoms with E-state index in [0.717, 1.165) is 24.8 Å². The van der Waals surface area contributed by atoms with Gasteiger partial charge in [0.15, 0.2) is 0 Å². The fourth-order valence-corrected chi connectivity index (χ4v) is 4.51. The lowest BCUT2D eigenvalue weighted by Gasteiger charge is -2.44. The van der Waals surface area contributed by atoms with Gasteiger partial charge in [-0.05, 0) is 70.6 Å². The topological polar surface area (TPSA) is 108 Å². The van der Waals surface area contributed by atoms with Crippen molar-refractivity contribution in [3.05, 3.63) is 59.7 Å². The second-order valence-electron chi connectivity index (χ2n) is 11.1. The summed E-state index contributed by atoms with van der Waals surface area (Å²) < 4.78 is 5.46. The molecular formula is C30H41N3O5. The molecular weight excluding hydrogens is 482 g/mol. The van der Waals surface area contributed by atoms with E-state index >= 15 is 0 Å². The van der Waals surface area contributed by atoms with Crippen molar-refractivity contribution in [2.75, 3.05) is 5.32 Å². The van der Waals surface area contributed by atoms with Crippen LogP contribution >= 0.6 is 0 Å². The third-order valence-corrected chi connectivity index (χ3v) is 7.03. The van der Waals surface area contributed by atoms with Gasteiger partial charge < -0.3 is 25.4 Å². The molecule has 0 heterocycles. The van der Waals surface area contributed by atoms with E-state index in [1.54, 1.807) is 49.9 Å². The van der Waals surface area contributed by atoms with Gasteiger partial charge in [-0.3, -0.25) is 9.59 Å². The number of aryl methyl sites for hydroxylation is 1.